The molecule has 0 aliphatic heterocycles. The third kappa shape index (κ3) is 3.83. The fourth-order valence-corrected chi connectivity index (χ4v) is 1.77. The van der Waals surface area contributed by atoms with E-state index in [1.54, 1.807) is 0 Å². The first-order chi connectivity index (χ1) is 7.67. The van der Waals surface area contributed by atoms with Crippen LogP contribution in [0.5, 0.6) is 0 Å². The standard InChI is InChI=1S/C11H17BrN4/c1-3-14-11(16-13)15-8(2)9-5-4-6-10(12)7-9/h4-8H,3,13H2,1-2H3,(H2,14,15,16). The van der Waals surface area contributed by atoms with E-state index in [2.05, 4.69) is 50.7 Å². The smallest absolute Gasteiger partial charge is 0.206 e. The Balaban J connectivity index is 2.71. The maximum atomic E-state index is 5.36. The van der Waals surface area contributed by atoms with Crippen molar-refractivity contribution >= 4 is 21.9 Å². The van der Waals surface area contributed by atoms with Gasteiger partial charge >= 0.3 is 0 Å². The Morgan fingerprint density at radius 3 is 2.88 bits per heavy atom. The van der Waals surface area contributed by atoms with Gasteiger partial charge in [-0.2, -0.15) is 0 Å². The molecule has 0 saturated carbocycles. The van der Waals surface area contributed by atoms with Gasteiger partial charge in [0.15, 0.2) is 0 Å². The first-order valence-corrected chi connectivity index (χ1v) is 5.99. The van der Waals surface area contributed by atoms with Gasteiger partial charge in [-0.25, -0.2) is 5.84 Å². The molecule has 1 unspecified atom stereocenters. The summed E-state index contributed by atoms with van der Waals surface area (Å²) in [5.41, 5.74) is 3.72. The van der Waals surface area contributed by atoms with E-state index >= 15 is 0 Å². The van der Waals surface area contributed by atoms with Crippen LogP contribution in [0.1, 0.15) is 25.5 Å². The molecular weight excluding hydrogens is 268 g/mol. The maximum Gasteiger partial charge on any atom is 0.206 e. The quantitative estimate of drug-likeness (QED) is 0.344. The largest absolute Gasteiger partial charge is 0.349 e. The van der Waals surface area contributed by atoms with Crippen LogP contribution < -0.4 is 16.6 Å². The van der Waals surface area contributed by atoms with Gasteiger partial charge in [0.05, 0.1) is 6.04 Å². The number of hydrazine groups is 1. The lowest BCUT2D eigenvalue weighted by atomic mass is 10.1. The highest BCUT2D eigenvalue weighted by molar-refractivity contribution is 9.10. The fraction of sp³-hybridized carbons (Fsp3) is 0.364. The zero-order valence-corrected chi connectivity index (χ0v) is 11.1. The molecule has 0 bridgehead atoms. The Morgan fingerprint density at radius 2 is 2.31 bits per heavy atom. The van der Waals surface area contributed by atoms with Gasteiger partial charge in [0.1, 0.15) is 0 Å². The molecule has 1 atom stereocenters. The molecule has 4 N–H and O–H groups in total. The van der Waals surface area contributed by atoms with Crippen molar-refractivity contribution in [1.82, 2.24) is 10.7 Å². The van der Waals surface area contributed by atoms with Crippen LogP contribution in [0, 0.1) is 0 Å². The highest BCUT2D eigenvalue weighted by Gasteiger charge is 2.06. The van der Waals surface area contributed by atoms with E-state index in [1.165, 1.54) is 5.56 Å². The minimum Gasteiger partial charge on any atom is -0.349 e. The summed E-state index contributed by atoms with van der Waals surface area (Å²) in [7, 11) is 0. The van der Waals surface area contributed by atoms with E-state index in [1.807, 2.05) is 19.1 Å². The van der Waals surface area contributed by atoms with Gasteiger partial charge in [-0.15, -0.1) is 0 Å². The molecule has 0 aliphatic carbocycles. The van der Waals surface area contributed by atoms with Crippen molar-refractivity contribution < 1.29 is 0 Å². The number of benzene rings is 1. The van der Waals surface area contributed by atoms with E-state index in [0.29, 0.717) is 12.5 Å². The van der Waals surface area contributed by atoms with E-state index < -0.39 is 0 Å². The van der Waals surface area contributed by atoms with Gasteiger partial charge in [-0.1, -0.05) is 28.1 Å². The predicted molar refractivity (Wildman–Crippen MR) is 71.0 cm³/mol. The molecule has 0 saturated heterocycles. The SMILES string of the molecule is CCN=C(NN)NC(C)c1cccc(Br)c1. The summed E-state index contributed by atoms with van der Waals surface area (Å²) in [5, 5.41) is 3.20. The van der Waals surface area contributed by atoms with Crippen LogP contribution >= 0.6 is 15.9 Å². The zero-order chi connectivity index (χ0) is 12.0. The topological polar surface area (TPSA) is 62.4 Å². The van der Waals surface area contributed by atoms with E-state index in [0.717, 1.165) is 4.47 Å². The van der Waals surface area contributed by atoms with Crippen molar-refractivity contribution in [1.29, 1.82) is 0 Å². The molecule has 4 nitrogen and oxygen atoms in total. The van der Waals surface area contributed by atoms with Crippen LogP contribution in [0.2, 0.25) is 0 Å². The van der Waals surface area contributed by atoms with Crippen molar-refractivity contribution in [2.75, 3.05) is 6.54 Å². The lowest BCUT2D eigenvalue weighted by molar-refractivity contribution is 0.689. The van der Waals surface area contributed by atoms with Crippen LogP contribution in [0.15, 0.2) is 33.7 Å². The average molecular weight is 285 g/mol. The van der Waals surface area contributed by atoms with E-state index in [9.17, 15) is 0 Å². The molecule has 0 aromatic heterocycles. The van der Waals surface area contributed by atoms with Crippen molar-refractivity contribution in [3.63, 3.8) is 0 Å². The first-order valence-electron chi connectivity index (χ1n) is 5.20. The van der Waals surface area contributed by atoms with Gasteiger partial charge in [0.2, 0.25) is 5.96 Å². The Hall–Kier alpha value is -1.07. The summed E-state index contributed by atoms with van der Waals surface area (Å²) in [6.07, 6.45) is 0. The van der Waals surface area contributed by atoms with Crippen LogP contribution in [-0.4, -0.2) is 12.5 Å². The minimum absolute atomic E-state index is 0.152. The van der Waals surface area contributed by atoms with Crippen molar-refractivity contribution in [3.05, 3.63) is 34.3 Å². The van der Waals surface area contributed by atoms with Crippen LogP contribution in [0.25, 0.3) is 0 Å². The molecule has 88 valence electrons. The summed E-state index contributed by atoms with van der Waals surface area (Å²) >= 11 is 3.45. The number of rotatable bonds is 3. The van der Waals surface area contributed by atoms with Crippen molar-refractivity contribution in [2.45, 2.75) is 19.9 Å². The number of guanidine groups is 1. The fourth-order valence-electron chi connectivity index (χ4n) is 1.36. The lowest BCUT2D eigenvalue weighted by Crippen LogP contribution is -2.42. The summed E-state index contributed by atoms with van der Waals surface area (Å²) in [4.78, 5) is 4.19. The Morgan fingerprint density at radius 1 is 1.56 bits per heavy atom. The third-order valence-electron chi connectivity index (χ3n) is 2.15. The van der Waals surface area contributed by atoms with Gasteiger partial charge in [0, 0.05) is 11.0 Å². The van der Waals surface area contributed by atoms with Crippen LogP contribution in [-0.2, 0) is 0 Å². The Labute approximate surface area is 104 Å². The van der Waals surface area contributed by atoms with Gasteiger partial charge in [0.25, 0.3) is 0 Å². The average Bonchev–Trinajstić information content (AvgIpc) is 2.28. The molecule has 0 amide bonds. The molecule has 1 aromatic carbocycles. The number of aliphatic imine (C=N–C) groups is 1. The van der Waals surface area contributed by atoms with Crippen molar-refractivity contribution in [2.24, 2.45) is 10.8 Å². The second-order valence-corrected chi connectivity index (χ2v) is 4.30. The molecule has 5 heteroatoms. The van der Waals surface area contributed by atoms with Gasteiger partial charge in [-0.3, -0.25) is 10.4 Å². The zero-order valence-electron chi connectivity index (χ0n) is 9.50. The predicted octanol–water partition coefficient (Wildman–Crippen LogP) is 1.94. The van der Waals surface area contributed by atoms with E-state index in [-0.39, 0.29) is 6.04 Å². The number of halogens is 1. The molecule has 0 radical (unpaired) electrons. The summed E-state index contributed by atoms with van der Waals surface area (Å²) in [6.45, 7) is 4.71. The lowest BCUT2D eigenvalue weighted by Gasteiger charge is -2.17. The van der Waals surface area contributed by atoms with E-state index in [4.69, 9.17) is 5.84 Å². The van der Waals surface area contributed by atoms with Crippen LogP contribution in [0.3, 0.4) is 0 Å². The minimum atomic E-state index is 0.152. The highest BCUT2D eigenvalue weighted by atomic mass is 79.9. The van der Waals surface area contributed by atoms with Gasteiger partial charge < -0.3 is 5.32 Å². The molecule has 0 heterocycles. The number of hydrogen-bond donors (Lipinski definition) is 3. The second-order valence-electron chi connectivity index (χ2n) is 3.39. The van der Waals surface area contributed by atoms with Crippen LogP contribution in [0.4, 0.5) is 0 Å². The Bertz CT molecular complexity index is 365. The summed E-state index contributed by atoms with van der Waals surface area (Å²) in [5.74, 6) is 5.97. The van der Waals surface area contributed by atoms with Crippen molar-refractivity contribution in [3.8, 4) is 0 Å². The number of hydrogen-bond acceptors (Lipinski definition) is 2. The Kier molecular flexibility index (Phi) is 5.28. The number of nitrogens with two attached hydrogens (primary N) is 1. The summed E-state index contributed by atoms with van der Waals surface area (Å²) in [6, 6.07) is 8.28. The monoisotopic (exact) mass is 284 g/mol. The molecule has 0 spiro atoms. The third-order valence-corrected chi connectivity index (χ3v) is 2.65. The maximum absolute atomic E-state index is 5.36. The first kappa shape index (κ1) is 13.0. The summed E-state index contributed by atoms with van der Waals surface area (Å²) < 4.78 is 1.06. The highest BCUT2D eigenvalue weighted by Crippen LogP contribution is 2.17. The molecular formula is C11H17BrN4. The number of nitrogens with zero attached hydrogens (tertiary/aromatic N) is 1. The molecule has 1 rings (SSSR count). The molecule has 16 heavy (non-hydrogen) atoms. The molecule has 0 fully saturated rings. The number of nitrogens with one attached hydrogen (secondary N) is 2. The molecule has 1 aromatic rings. The van der Waals surface area contributed by atoms with Gasteiger partial charge in [-0.05, 0) is 31.5 Å². The molecule has 0 aliphatic rings. The second kappa shape index (κ2) is 6.50. The normalized spacial score (nSPS) is 13.4.